The van der Waals surface area contributed by atoms with Crippen molar-refractivity contribution in [3.8, 4) is 11.3 Å². The van der Waals surface area contributed by atoms with E-state index in [0.29, 0.717) is 0 Å². The lowest BCUT2D eigenvalue weighted by Crippen LogP contribution is -2.13. The molecule has 126 valence electrons. The van der Waals surface area contributed by atoms with E-state index < -0.39 is 17.2 Å². The SMILES string of the molecule is O=Cc1c(-c2cccc(C(F)(F)F)c2)[nH]c2c(N=O)cccc2c1=O. The van der Waals surface area contributed by atoms with Gasteiger partial charge in [0.15, 0.2) is 6.29 Å². The highest BCUT2D eigenvalue weighted by Gasteiger charge is 2.30. The minimum atomic E-state index is -4.58. The summed E-state index contributed by atoms with van der Waals surface area (Å²) in [6.45, 7) is 0. The normalized spacial score (nSPS) is 11.5. The van der Waals surface area contributed by atoms with E-state index in [4.69, 9.17) is 0 Å². The molecule has 0 radical (unpaired) electrons. The summed E-state index contributed by atoms with van der Waals surface area (Å²) in [6, 6.07) is 8.36. The molecule has 0 atom stereocenters. The molecule has 0 spiro atoms. The predicted octanol–water partition coefficient (Wildman–Crippen LogP) is 4.42. The molecule has 0 fully saturated rings. The van der Waals surface area contributed by atoms with Crippen LogP contribution in [-0.2, 0) is 6.18 Å². The maximum atomic E-state index is 12.9. The molecule has 0 saturated heterocycles. The molecule has 0 aliphatic heterocycles. The van der Waals surface area contributed by atoms with Gasteiger partial charge in [0.2, 0.25) is 5.43 Å². The number of pyridine rings is 1. The number of alkyl halides is 3. The van der Waals surface area contributed by atoms with Crippen LogP contribution >= 0.6 is 0 Å². The quantitative estimate of drug-likeness (QED) is 0.563. The molecule has 0 unspecified atom stereocenters. The Balaban J connectivity index is 2.38. The molecule has 5 nitrogen and oxygen atoms in total. The van der Waals surface area contributed by atoms with Crippen molar-refractivity contribution >= 4 is 22.9 Å². The number of rotatable bonds is 3. The first-order chi connectivity index (χ1) is 11.9. The summed E-state index contributed by atoms with van der Waals surface area (Å²) in [5.74, 6) is 0. The van der Waals surface area contributed by atoms with Gasteiger partial charge in [-0.2, -0.15) is 13.2 Å². The first kappa shape index (κ1) is 16.6. The third-order valence-corrected chi connectivity index (χ3v) is 3.75. The summed E-state index contributed by atoms with van der Waals surface area (Å²) >= 11 is 0. The van der Waals surface area contributed by atoms with Crippen molar-refractivity contribution < 1.29 is 18.0 Å². The summed E-state index contributed by atoms with van der Waals surface area (Å²) in [5, 5.41) is 2.85. The van der Waals surface area contributed by atoms with Gasteiger partial charge in [0.1, 0.15) is 5.69 Å². The lowest BCUT2D eigenvalue weighted by molar-refractivity contribution is -0.137. The monoisotopic (exact) mass is 346 g/mol. The van der Waals surface area contributed by atoms with Crippen LogP contribution in [0.15, 0.2) is 52.4 Å². The summed E-state index contributed by atoms with van der Waals surface area (Å²) < 4.78 is 38.8. The van der Waals surface area contributed by atoms with Crippen molar-refractivity contribution in [1.82, 2.24) is 4.98 Å². The minimum Gasteiger partial charge on any atom is -0.352 e. The second-order valence-corrected chi connectivity index (χ2v) is 5.23. The third-order valence-electron chi connectivity index (χ3n) is 3.75. The van der Waals surface area contributed by atoms with Crippen LogP contribution in [0.2, 0.25) is 0 Å². The minimum absolute atomic E-state index is 0.00312. The summed E-state index contributed by atoms with van der Waals surface area (Å²) in [7, 11) is 0. The Kier molecular flexibility index (Phi) is 3.96. The van der Waals surface area contributed by atoms with Gasteiger partial charge in [-0.25, -0.2) is 0 Å². The van der Waals surface area contributed by atoms with Crippen molar-refractivity contribution in [2.45, 2.75) is 6.18 Å². The number of nitroso groups, excluding NO2 is 1. The zero-order valence-electron chi connectivity index (χ0n) is 12.4. The van der Waals surface area contributed by atoms with Gasteiger partial charge in [-0.3, -0.25) is 9.59 Å². The van der Waals surface area contributed by atoms with Crippen molar-refractivity contribution in [2.75, 3.05) is 0 Å². The highest BCUT2D eigenvalue weighted by atomic mass is 19.4. The smallest absolute Gasteiger partial charge is 0.352 e. The number of nitrogens with one attached hydrogen (secondary N) is 1. The van der Waals surface area contributed by atoms with Crippen LogP contribution < -0.4 is 5.43 Å². The number of nitrogens with zero attached hydrogens (tertiary/aromatic N) is 1. The average Bonchev–Trinajstić information content (AvgIpc) is 2.60. The average molecular weight is 346 g/mol. The molecule has 8 heteroatoms. The summed E-state index contributed by atoms with van der Waals surface area (Å²) in [4.78, 5) is 37.5. The number of hydrogen-bond donors (Lipinski definition) is 1. The van der Waals surface area contributed by atoms with E-state index in [1.807, 2.05) is 0 Å². The predicted molar refractivity (Wildman–Crippen MR) is 85.8 cm³/mol. The Hall–Kier alpha value is -3.29. The van der Waals surface area contributed by atoms with E-state index in [2.05, 4.69) is 10.2 Å². The van der Waals surface area contributed by atoms with Gasteiger partial charge in [-0.15, -0.1) is 4.91 Å². The Labute approximate surface area is 138 Å². The van der Waals surface area contributed by atoms with Gasteiger partial charge in [-0.05, 0) is 35.0 Å². The molecule has 25 heavy (non-hydrogen) atoms. The second kappa shape index (κ2) is 5.97. The fraction of sp³-hybridized carbons (Fsp3) is 0.0588. The van der Waals surface area contributed by atoms with Crippen molar-refractivity contribution in [2.24, 2.45) is 5.18 Å². The lowest BCUT2D eigenvalue weighted by Gasteiger charge is -2.11. The van der Waals surface area contributed by atoms with E-state index in [0.717, 1.165) is 12.1 Å². The first-order valence-corrected chi connectivity index (χ1v) is 7.02. The van der Waals surface area contributed by atoms with Crippen LogP contribution in [-0.4, -0.2) is 11.3 Å². The fourth-order valence-corrected chi connectivity index (χ4v) is 2.58. The van der Waals surface area contributed by atoms with E-state index in [-0.39, 0.29) is 39.7 Å². The van der Waals surface area contributed by atoms with Gasteiger partial charge in [0.25, 0.3) is 0 Å². The number of benzene rings is 2. The topological polar surface area (TPSA) is 79.4 Å². The maximum absolute atomic E-state index is 12.9. The number of carbonyl (C=O) groups excluding carboxylic acids is 1. The number of carbonyl (C=O) groups is 1. The number of para-hydroxylation sites is 1. The van der Waals surface area contributed by atoms with Crippen LogP contribution in [0, 0.1) is 4.91 Å². The number of aromatic nitrogens is 1. The number of aldehydes is 1. The summed E-state index contributed by atoms with van der Waals surface area (Å²) in [6.07, 6.45) is -4.31. The lowest BCUT2D eigenvalue weighted by atomic mass is 10.0. The number of halogens is 3. The summed E-state index contributed by atoms with van der Waals surface area (Å²) in [5.41, 5.74) is -2.08. The van der Waals surface area contributed by atoms with Crippen LogP contribution in [0.25, 0.3) is 22.2 Å². The van der Waals surface area contributed by atoms with Crippen molar-refractivity contribution in [3.05, 3.63) is 68.7 Å². The molecular formula is C17H9F3N2O3. The van der Waals surface area contributed by atoms with Crippen LogP contribution in [0.3, 0.4) is 0 Å². The molecule has 0 saturated carbocycles. The Morgan fingerprint density at radius 3 is 2.44 bits per heavy atom. The molecule has 2 aromatic carbocycles. The van der Waals surface area contributed by atoms with Crippen LogP contribution in [0.5, 0.6) is 0 Å². The van der Waals surface area contributed by atoms with Crippen molar-refractivity contribution in [3.63, 3.8) is 0 Å². The van der Waals surface area contributed by atoms with Crippen LogP contribution in [0.1, 0.15) is 15.9 Å². The Morgan fingerprint density at radius 2 is 1.80 bits per heavy atom. The highest BCUT2D eigenvalue weighted by molar-refractivity contribution is 5.97. The Morgan fingerprint density at radius 1 is 1.08 bits per heavy atom. The van der Waals surface area contributed by atoms with Gasteiger partial charge in [0, 0.05) is 5.39 Å². The molecule has 3 rings (SSSR count). The third kappa shape index (κ3) is 2.82. The van der Waals surface area contributed by atoms with Gasteiger partial charge in [-0.1, -0.05) is 18.2 Å². The maximum Gasteiger partial charge on any atom is 0.416 e. The largest absolute Gasteiger partial charge is 0.416 e. The molecule has 0 bridgehead atoms. The Bertz CT molecular complexity index is 1060. The van der Waals surface area contributed by atoms with Gasteiger partial charge >= 0.3 is 6.18 Å². The zero-order chi connectivity index (χ0) is 18.2. The molecular weight excluding hydrogens is 337 g/mol. The molecule has 0 amide bonds. The number of fused-ring (bicyclic) bond motifs is 1. The molecule has 0 aliphatic carbocycles. The van der Waals surface area contributed by atoms with Gasteiger partial charge in [0.05, 0.1) is 22.3 Å². The molecule has 1 N–H and O–H groups in total. The molecule has 1 heterocycles. The number of aromatic amines is 1. The highest BCUT2D eigenvalue weighted by Crippen LogP contribution is 2.33. The second-order valence-electron chi connectivity index (χ2n) is 5.23. The van der Waals surface area contributed by atoms with E-state index >= 15 is 0 Å². The molecule has 3 aromatic rings. The standard InChI is InChI=1S/C17H9F3N2O3/c18-17(19,20)10-4-1-3-9(7-10)14-12(8-23)16(24)11-5-2-6-13(22-25)15(11)21-14/h1-8H,(H,21,24). The van der Waals surface area contributed by atoms with E-state index in [9.17, 15) is 27.7 Å². The number of hydrogen-bond acceptors (Lipinski definition) is 4. The number of H-pyrrole nitrogens is 1. The molecule has 0 aliphatic rings. The van der Waals surface area contributed by atoms with Crippen molar-refractivity contribution in [1.29, 1.82) is 0 Å². The van der Waals surface area contributed by atoms with E-state index in [1.165, 1.54) is 30.3 Å². The fourth-order valence-electron chi connectivity index (χ4n) is 2.58. The van der Waals surface area contributed by atoms with E-state index in [1.54, 1.807) is 0 Å². The van der Waals surface area contributed by atoms with Gasteiger partial charge < -0.3 is 4.98 Å². The molecule has 1 aromatic heterocycles. The van der Waals surface area contributed by atoms with Crippen LogP contribution in [0.4, 0.5) is 18.9 Å². The zero-order valence-corrected chi connectivity index (χ0v) is 12.4. The first-order valence-electron chi connectivity index (χ1n) is 7.02.